The van der Waals surface area contributed by atoms with Gasteiger partial charge in [0.05, 0.1) is 0 Å². The van der Waals surface area contributed by atoms with Crippen LogP contribution in [0.3, 0.4) is 0 Å². The Labute approximate surface area is 310 Å². The van der Waals surface area contributed by atoms with Gasteiger partial charge in [-0.15, -0.1) is 0 Å². The number of hydrogen-bond donors (Lipinski definition) is 1. The smallest absolute Gasteiger partial charge is 0.306 e. The van der Waals surface area contributed by atoms with Crippen molar-refractivity contribution in [2.75, 3.05) is 0 Å². The third-order valence-corrected chi connectivity index (χ3v) is 9.25. The van der Waals surface area contributed by atoms with Crippen LogP contribution in [-0.2, 0) is 14.3 Å². The van der Waals surface area contributed by atoms with Gasteiger partial charge in [-0.3, -0.25) is 9.59 Å². The SMILES string of the molecule is CC/C=C\C/C=C\C/C=C\C/C=C\C/C=C\CCCCCC(=O)OC(CCCCC)CCCCCCCCCCCCCCCCCC(=O)O. The predicted molar refractivity (Wildman–Crippen MR) is 218 cm³/mol. The highest BCUT2D eigenvalue weighted by atomic mass is 16.5. The van der Waals surface area contributed by atoms with Gasteiger partial charge in [0, 0.05) is 12.8 Å². The van der Waals surface area contributed by atoms with Crippen LogP contribution in [0.1, 0.15) is 213 Å². The lowest BCUT2D eigenvalue weighted by Crippen LogP contribution is -2.18. The molecule has 0 heterocycles. The van der Waals surface area contributed by atoms with Crippen LogP contribution >= 0.6 is 0 Å². The van der Waals surface area contributed by atoms with E-state index in [-0.39, 0.29) is 12.1 Å². The molecule has 0 saturated heterocycles. The van der Waals surface area contributed by atoms with E-state index in [0.717, 1.165) is 89.9 Å². The van der Waals surface area contributed by atoms with E-state index in [1.807, 2.05) is 0 Å². The number of esters is 1. The number of rotatable bonds is 38. The maximum absolute atomic E-state index is 12.6. The van der Waals surface area contributed by atoms with Crippen molar-refractivity contribution in [1.82, 2.24) is 0 Å². The average molecular weight is 697 g/mol. The first-order valence-corrected chi connectivity index (χ1v) is 21.3. The summed E-state index contributed by atoms with van der Waals surface area (Å²) in [6.07, 6.45) is 57.2. The van der Waals surface area contributed by atoms with Crippen LogP contribution in [0, 0.1) is 0 Å². The van der Waals surface area contributed by atoms with Gasteiger partial charge in [0.2, 0.25) is 0 Å². The molecule has 0 aromatic rings. The van der Waals surface area contributed by atoms with Crippen molar-refractivity contribution >= 4 is 11.9 Å². The van der Waals surface area contributed by atoms with Crippen LogP contribution in [0.2, 0.25) is 0 Å². The summed E-state index contributed by atoms with van der Waals surface area (Å²) in [4.78, 5) is 23.1. The van der Waals surface area contributed by atoms with Gasteiger partial charge in [-0.25, -0.2) is 0 Å². The lowest BCUT2D eigenvalue weighted by atomic mass is 10.0. The molecule has 4 nitrogen and oxygen atoms in total. The molecule has 0 aliphatic carbocycles. The zero-order valence-corrected chi connectivity index (χ0v) is 32.9. The first-order chi connectivity index (χ1) is 24.6. The summed E-state index contributed by atoms with van der Waals surface area (Å²) in [5.74, 6) is -0.655. The molecule has 0 saturated carbocycles. The van der Waals surface area contributed by atoms with E-state index in [1.54, 1.807) is 0 Å². The van der Waals surface area contributed by atoms with Crippen LogP contribution in [0.25, 0.3) is 0 Å². The van der Waals surface area contributed by atoms with Crippen LogP contribution in [0.15, 0.2) is 60.8 Å². The monoisotopic (exact) mass is 697 g/mol. The highest BCUT2D eigenvalue weighted by molar-refractivity contribution is 5.69. The van der Waals surface area contributed by atoms with E-state index in [2.05, 4.69) is 74.6 Å². The number of unbranched alkanes of at least 4 members (excludes halogenated alkanes) is 19. The molecule has 4 heteroatoms. The Morgan fingerprint density at radius 3 is 1.30 bits per heavy atom. The van der Waals surface area contributed by atoms with Crippen LogP contribution in [-0.4, -0.2) is 23.1 Å². The minimum absolute atomic E-state index is 0.0112. The van der Waals surface area contributed by atoms with Gasteiger partial charge in [-0.2, -0.15) is 0 Å². The summed E-state index contributed by atoms with van der Waals surface area (Å²) in [5.41, 5.74) is 0. The van der Waals surface area contributed by atoms with Crippen LogP contribution < -0.4 is 0 Å². The molecule has 0 fully saturated rings. The summed E-state index contributed by atoms with van der Waals surface area (Å²) >= 11 is 0. The molecule has 0 radical (unpaired) electrons. The van der Waals surface area contributed by atoms with Gasteiger partial charge >= 0.3 is 11.9 Å². The van der Waals surface area contributed by atoms with E-state index < -0.39 is 5.97 Å². The van der Waals surface area contributed by atoms with Crippen molar-refractivity contribution in [3.63, 3.8) is 0 Å². The van der Waals surface area contributed by atoms with E-state index in [1.165, 1.54) is 96.3 Å². The van der Waals surface area contributed by atoms with E-state index in [0.29, 0.717) is 12.8 Å². The molecule has 0 aliphatic heterocycles. The Balaban J connectivity index is 3.79. The number of carbonyl (C=O) groups is 2. The molecule has 50 heavy (non-hydrogen) atoms. The van der Waals surface area contributed by atoms with Gasteiger partial charge in [0.25, 0.3) is 0 Å². The first kappa shape index (κ1) is 47.6. The Kier molecular flexibility index (Phi) is 39.1. The minimum atomic E-state index is -0.666. The first-order valence-electron chi connectivity index (χ1n) is 21.3. The van der Waals surface area contributed by atoms with E-state index >= 15 is 0 Å². The Morgan fingerprint density at radius 2 is 0.840 bits per heavy atom. The van der Waals surface area contributed by atoms with Crippen molar-refractivity contribution in [1.29, 1.82) is 0 Å². The van der Waals surface area contributed by atoms with E-state index in [9.17, 15) is 9.59 Å². The molecule has 0 bridgehead atoms. The normalized spacial score (nSPS) is 12.8. The van der Waals surface area contributed by atoms with Crippen LogP contribution in [0.4, 0.5) is 0 Å². The number of carboxylic acid groups (broad SMARTS) is 1. The number of hydrogen-bond acceptors (Lipinski definition) is 3. The molecule has 0 spiro atoms. The lowest BCUT2D eigenvalue weighted by molar-refractivity contribution is -0.150. The molecular weight excluding hydrogens is 617 g/mol. The second kappa shape index (κ2) is 41.1. The van der Waals surface area contributed by atoms with Crippen LogP contribution in [0.5, 0.6) is 0 Å². The largest absolute Gasteiger partial charge is 0.481 e. The highest BCUT2D eigenvalue weighted by Gasteiger charge is 2.14. The molecule has 1 unspecified atom stereocenters. The van der Waals surface area contributed by atoms with Crippen molar-refractivity contribution in [2.24, 2.45) is 0 Å². The maximum Gasteiger partial charge on any atom is 0.306 e. The van der Waals surface area contributed by atoms with Gasteiger partial charge in [0.15, 0.2) is 0 Å². The molecule has 288 valence electrons. The quantitative estimate of drug-likeness (QED) is 0.0396. The number of aliphatic carboxylic acids is 1. The average Bonchev–Trinajstić information content (AvgIpc) is 3.10. The molecule has 0 rings (SSSR count). The summed E-state index contributed by atoms with van der Waals surface area (Å²) in [6, 6.07) is 0. The molecule has 1 atom stereocenters. The fourth-order valence-corrected chi connectivity index (χ4v) is 6.15. The second-order valence-corrected chi connectivity index (χ2v) is 14.2. The third-order valence-electron chi connectivity index (χ3n) is 9.25. The fourth-order valence-electron chi connectivity index (χ4n) is 6.15. The number of ether oxygens (including phenoxy) is 1. The Morgan fingerprint density at radius 1 is 0.460 bits per heavy atom. The summed E-state index contributed by atoms with van der Waals surface area (Å²) in [7, 11) is 0. The zero-order chi connectivity index (χ0) is 36.4. The zero-order valence-electron chi connectivity index (χ0n) is 32.9. The van der Waals surface area contributed by atoms with Crippen molar-refractivity contribution in [3.05, 3.63) is 60.8 Å². The number of carbonyl (C=O) groups excluding carboxylic acids is 1. The van der Waals surface area contributed by atoms with Gasteiger partial charge in [-0.05, 0) is 83.5 Å². The van der Waals surface area contributed by atoms with Gasteiger partial charge in [-0.1, -0.05) is 177 Å². The van der Waals surface area contributed by atoms with Crippen molar-refractivity contribution in [2.45, 2.75) is 219 Å². The topological polar surface area (TPSA) is 63.6 Å². The Hall–Kier alpha value is -2.36. The van der Waals surface area contributed by atoms with E-state index in [4.69, 9.17) is 9.84 Å². The molecular formula is C46H80O4. The lowest BCUT2D eigenvalue weighted by Gasteiger charge is -2.18. The molecule has 0 aromatic heterocycles. The highest BCUT2D eigenvalue weighted by Crippen LogP contribution is 2.18. The maximum atomic E-state index is 12.6. The molecule has 0 aliphatic rings. The van der Waals surface area contributed by atoms with Gasteiger partial charge < -0.3 is 9.84 Å². The van der Waals surface area contributed by atoms with Gasteiger partial charge in [0.1, 0.15) is 6.10 Å². The Bertz CT molecular complexity index is 881. The molecule has 0 aromatic carbocycles. The summed E-state index contributed by atoms with van der Waals surface area (Å²) in [5, 5.41) is 8.68. The fraction of sp³-hybridized carbons (Fsp3) is 0.739. The second-order valence-electron chi connectivity index (χ2n) is 14.2. The minimum Gasteiger partial charge on any atom is -0.481 e. The predicted octanol–water partition coefficient (Wildman–Crippen LogP) is 14.9. The summed E-state index contributed by atoms with van der Waals surface area (Å²) < 4.78 is 5.97. The van der Waals surface area contributed by atoms with Crippen molar-refractivity contribution < 1.29 is 19.4 Å². The standard InChI is InChI=1S/C46H80O4/c1-3-5-7-8-9-10-11-12-13-14-15-16-20-23-26-29-32-35-39-43-46(49)50-44(40-36-6-4-2)41-37-33-30-27-24-21-18-17-19-22-25-28-31-34-38-42-45(47)48/h5,7,9-10,12-13,15-16,23,26,44H,3-4,6,8,11,14,17-22,24-25,27-43H2,1-2H3,(H,47,48)/b7-5-,10-9-,13-12-,16-15-,26-23-. The molecule has 0 amide bonds. The third kappa shape index (κ3) is 40.1. The summed E-state index contributed by atoms with van der Waals surface area (Å²) in [6.45, 7) is 4.40. The van der Waals surface area contributed by atoms with Crippen molar-refractivity contribution in [3.8, 4) is 0 Å². The number of allylic oxidation sites excluding steroid dienone is 10. The number of carboxylic acids is 1. The molecule has 1 N–H and O–H groups in total.